The van der Waals surface area contributed by atoms with Crippen LogP contribution in [0.1, 0.15) is 17.0 Å². The monoisotopic (exact) mass is 292 g/mol. The molecule has 0 unspecified atom stereocenters. The van der Waals surface area contributed by atoms with Gasteiger partial charge in [-0.3, -0.25) is 0 Å². The molecule has 0 aliphatic rings. The first-order valence-corrected chi connectivity index (χ1v) is 7.32. The summed E-state index contributed by atoms with van der Waals surface area (Å²) in [5, 5.41) is 8.54. The Bertz CT molecular complexity index is 591. The summed E-state index contributed by atoms with van der Waals surface area (Å²) in [4.78, 5) is 14.7. The fraction of sp³-hybridized carbons (Fsp3) is 0.154. The number of aliphatic carboxylic acids is 1. The number of carbonyl (C=O) groups is 1. The van der Waals surface area contributed by atoms with Crippen LogP contribution in [-0.4, -0.2) is 20.4 Å². The minimum atomic E-state index is -0.939. The summed E-state index contributed by atoms with van der Waals surface area (Å²) in [6.45, 7) is 1.88. The molecule has 0 spiro atoms. The molecule has 0 radical (unpaired) electrons. The van der Waals surface area contributed by atoms with Crippen molar-refractivity contribution < 1.29 is 9.90 Å². The van der Waals surface area contributed by atoms with E-state index in [4.69, 9.17) is 5.11 Å². The minimum absolute atomic E-state index is 0.807. The van der Waals surface area contributed by atoms with E-state index in [0.29, 0.717) is 0 Å². The maximum Gasteiger partial charge on any atom is 0.328 e. The van der Waals surface area contributed by atoms with Crippen molar-refractivity contribution in [2.45, 2.75) is 17.0 Å². The van der Waals surface area contributed by atoms with Crippen molar-refractivity contribution in [3.63, 3.8) is 0 Å². The topological polar surface area (TPSA) is 63.1 Å². The number of aryl methyl sites for hydroxylation is 1. The van der Waals surface area contributed by atoms with E-state index in [9.17, 15) is 4.79 Å². The lowest BCUT2D eigenvalue weighted by molar-refractivity contribution is -0.131. The van der Waals surface area contributed by atoms with E-state index in [-0.39, 0.29) is 0 Å². The molecule has 0 atom stereocenters. The summed E-state index contributed by atoms with van der Waals surface area (Å²) < 4.78 is 5.09. The maximum atomic E-state index is 10.4. The highest BCUT2D eigenvalue weighted by Gasteiger charge is 2.01. The van der Waals surface area contributed by atoms with Crippen molar-refractivity contribution in [1.29, 1.82) is 0 Å². The zero-order valence-electron chi connectivity index (χ0n) is 10.2. The molecule has 0 aliphatic heterocycles. The van der Waals surface area contributed by atoms with Crippen LogP contribution in [0.3, 0.4) is 0 Å². The highest BCUT2D eigenvalue weighted by Crippen LogP contribution is 2.24. The van der Waals surface area contributed by atoms with Gasteiger partial charge in [-0.15, -0.1) is 0 Å². The van der Waals surface area contributed by atoms with E-state index >= 15 is 0 Å². The van der Waals surface area contributed by atoms with Gasteiger partial charge in [0.25, 0.3) is 0 Å². The molecule has 0 saturated carbocycles. The first-order valence-electron chi connectivity index (χ1n) is 5.56. The molecule has 0 fully saturated rings. The molecular formula is C13H12N2O2S2. The zero-order chi connectivity index (χ0) is 13.7. The molecule has 0 saturated heterocycles. The fourth-order valence-electron chi connectivity index (χ4n) is 1.37. The lowest BCUT2D eigenvalue weighted by Gasteiger charge is -1.99. The number of hydrogen-bond donors (Lipinski definition) is 1. The molecular weight excluding hydrogens is 280 g/mol. The number of hydrogen-bond acceptors (Lipinski definition) is 5. The molecule has 0 amide bonds. The Balaban J connectivity index is 1.93. The Hall–Kier alpha value is -1.66. The van der Waals surface area contributed by atoms with Crippen molar-refractivity contribution in [3.05, 3.63) is 47.3 Å². The highest BCUT2D eigenvalue weighted by atomic mass is 32.2. The smallest absolute Gasteiger partial charge is 0.328 e. The van der Waals surface area contributed by atoms with Gasteiger partial charge in [-0.1, -0.05) is 36.0 Å². The molecule has 1 aromatic carbocycles. The van der Waals surface area contributed by atoms with Gasteiger partial charge < -0.3 is 5.11 Å². The third-order valence-corrected chi connectivity index (χ3v) is 4.27. The van der Waals surface area contributed by atoms with Crippen LogP contribution in [-0.2, 0) is 10.5 Å². The second kappa shape index (κ2) is 6.49. The first-order chi connectivity index (χ1) is 9.13. The van der Waals surface area contributed by atoms with E-state index in [2.05, 4.69) is 9.36 Å². The molecule has 0 bridgehead atoms. The number of thioether (sulfide) groups is 1. The predicted molar refractivity (Wildman–Crippen MR) is 77.3 cm³/mol. The minimum Gasteiger partial charge on any atom is -0.478 e. The van der Waals surface area contributed by atoms with E-state index in [1.165, 1.54) is 17.1 Å². The van der Waals surface area contributed by atoms with Crippen LogP contribution in [0.2, 0.25) is 0 Å². The summed E-state index contributed by atoms with van der Waals surface area (Å²) in [5.41, 5.74) is 2.05. The van der Waals surface area contributed by atoms with Crippen LogP contribution in [0.25, 0.3) is 6.08 Å². The van der Waals surface area contributed by atoms with E-state index in [0.717, 1.165) is 27.6 Å². The number of rotatable bonds is 5. The van der Waals surface area contributed by atoms with Gasteiger partial charge in [-0.05, 0) is 35.7 Å². The molecule has 1 aromatic heterocycles. The summed E-state index contributed by atoms with van der Waals surface area (Å²) >= 11 is 3.06. The summed E-state index contributed by atoms with van der Waals surface area (Å²) in [6, 6.07) is 7.78. The summed E-state index contributed by atoms with van der Waals surface area (Å²) in [6.07, 6.45) is 2.71. The number of carboxylic acid groups (broad SMARTS) is 1. The highest BCUT2D eigenvalue weighted by molar-refractivity contribution is 8.00. The Morgan fingerprint density at radius 3 is 2.74 bits per heavy atom. The third-order valence-electron chi connectivity index (χ3n) is 2.27. The zero-order valence-corrected chi connectivity index (χ0v) is 11.9. The van der Waals surface area contributed by atoms with E-state index in [1.54, 1.807) is 17.8 Å². The van der Waals surface area contributed by atoms with Crippen LogP contribution in [0, 0.1) is 6.92 Å². The lowest BCUT2D eigenvalue weighted by atomic mass is 10.1. The average molecular weight is 292 g/mol. The van der Waals surface area contributed by atoms with Crippen LogP contribution < -0.4 is 0 Å². The summed E-state index contributed by atoms with van der Waals surface area (Å²) in [7, 11) is 0. The van der Waals surface area contributed by atoms with Crippen molar-refractivity contribution in [3.8, 4) is 0 Å². The number of carboxylic acids is 1. The largest absolute Gasteiger partial charge is 0.478 e. The van der Waals surface area contributed by atoms with Gasteiger partial charge >= 0.3 is 5.97 Å². The van der Waals surface area contributed by atoms with Gasteiger partial charge in [0, 0.05) is 11.8 Å². The summed E-state index contributed by atoms with van der Waals surface area (Å²) in [5.74, 6) is 0.699. The molecule has 0 aliphatic carbocycles. The van der Waals surface area contributed by atoms with Crippen molar-refractivity contribution in [2.24, 2.45) is 0 Å². The third kappa shape index (κ3) is 4.50. The van der Waals surface area contributed by atoms with Gasteiger partial charge in [-0.2, -0.15) is 4.37 Å². The molecule has 2 aromatic rings. The van der Waals surface area contributed by atoms with Gasteiger partial charge in [0.05, 0.1) is 0 Å². The average Bonchev–Trinajstić information content (AvgIpc) is 2.81. The van der Waals surface area contributed by atoms with Crippen LogP contribution in [0.4, 0.5) is 0 Å². The van der Waals surface area contributed by atoms with Gasteiger partial charge in [0.2, 0.25) is 0 Å². The molecule has 2 rings (SSSR count). The van der Waals surface area contributed by atoms with Crippen molar-refractivity contribution >= 4 is 35.3 Å². The lowest BCUT2D eigenvalue weighted by Crippen LogP contribution is -1.86. The Morgan fingerprint density at radius 2 is 2.16 bits per heavy atom. The van der Waals surface area contributed by atoms with E-state index < -0.39 is 5.97 Å². The predicted octanol–water partition coefficient (Wildman–Crippen LogP) is 3.24. The molecule has 98 valence electrons. The normalized spacial score (nSPS) is 11.0. The Kier molecular flexibility index (Phi) is 4.70. The molecule has 4 nitrogen and oxygen atoms in total. The standard InChI is InChI=1S/C13H12N2O2S2/c1-9-14-13(19-15-9)18-8-11-4-2-10(3-5-11)6-7-12(16)17/h2-7H,8H2,1H3,(H,16,17). The van der Waals surface area contributed by atoms with Gasteiger partial charge in [0.15, 0.2) is 4.34 Å². The van der Waals surface area contributed by atoms with Crippen LogP contribution in [0.5, 0.6) is 0 Å². The van der Waals surface area contributed by atoms with Crippen molar-refractivity contribution in [1.82, 2.24) is 9.36 Å². The van der Waals surface area contributed by atoms with Gasteiger partial charge in [-0.25, -0.2) is 9.78 Å². The Morgan fingerprint density at radius 1 is 1.42 bits per heavy atom. The SMILES string of the molecule is Cc1nsc(SCc2ccc(C=CC(=O)O)cc2)n1. The molecule has 1 heterocycles. The second-order valence-corrected chi connectivity index (χ2v) is 5.78. The van der Waals surface area contributed by atoms with Crippen LogP contribution in [0.15, 0.2) is 34.7 Å². The van der Waals surface area contributed by atoms with Gasteiger partial charge in [0.1, 0.15) is 5.82 Å². The Labute approximate surface area is 119 Å². The fourth-order valence-corrected chi connectivity index (χ4v) is 2.98. The second-order valence-electron chi connectivity index (χ2n) is 3.81. The van der Waals surface area contributed by atoms with E-state index in [1.807, 2.05) is 31.2 Å². The maximum absolute atomic E-state index is 10.4. The number of aromatic nitrogens is 2. The first kappa shape index (κ1) is 13.8. The quantitative estimate of drug-likeness (QED) is 0.677. The van der Waals surface area contributed by atoms with Crippen LogP contribution >= 0.6 is 23.3 Å². The van der Waals surface area contributed by atoms with Crippen molar-refractivity contribution in [2.75, 3.05) is 0 Å². The molecule has 19 heavy (non-hydrogen) atoms. The molecule has 1 N–H and O–H groups in total. The number of nitrogens with zero attached hydrogens (tertiary/aromatic N) is 2. The molecule has 6 heteroatoms. The number of benzene rings is 1.